The lowest BCUT2D eigenvalue weighted by molar-refractivity contribution is 0.152. The molecule has 0 spiro atoms. The molecule has 0 amide bonds. The highest BCUT2D eigenvalue weighted by Gasteiger charge is 2.54. The SMILES string of the molecule is CC(C)(C)c1ccc2c(c1)C(C(c1ccccc1)(C1C=CC=C1)C1CCCCC1)c1cc(C(C)(C)C)ccc1-2. The van der Waals surface area contributed by atoms with Crippen LogP contribution in [0.4, 0.5) is 0 Å². The summed E-state index contributed by atoms with van der Waals surface area (Å²) in [6.07, 6.45) is 16.3. The minimum absolute atomic E-state index is 0.0296. The second-order valence-electron chi connectivity index (χ2n) is 14.5. The van der Waals surface area contributed by atoms with Crippen LogP contribution in [0, 0.1) is 11.8 Å². The molecule has 1 saturated carbocycles. The van der Waals surface area contributed by atoms with Crippen molar-refractivity contribution in [3.8, 4) is 11.1 Å². The van der Waals surface area contributed by atoms with E-state index in [0.717, 1.165) is 0 Å². The Kier molecular flexibility index (Phi) is 6.53. The summed E-state index contributed by atoms with van der Waals surface area (Å²) in [6.45, 7) is 14.2. The molecule has 3 aliphatic carbocycles. The first-order valence-electron chi connectivity index (χ1n) is 15.3. The molecular weight excluding hydrogens is 468 g/mol. The number of allylic oxidation sites excluding steroid dienone is 4. The summed E-state index contributed by atoms with van der Waals surface area (Å²) in [4.78, 5) is 0. The van der Waals surface area contributed by atoms with Crippen molar-refractivity contribution >= 4 is 0 Å². The zero-order chi connectivity index (χ0) is 27.4. The van der Waals surface area contributed by atoms with Crippen LogP contribution in [0.25, 0.3) is 11.1 Å². The first-order chi connectivity index (χ1) is 18.6. The number of hydrogen-bond acceptors (Lipinski definition) is 0. The molecule has 3 aromatic rings. The van der Waals surface area contributed by atoms with E-state index in [0.29, 0.717) is 17.8 Å². The average molecular weight is 515 g/mol. The molecule has 1 fully saturated rings. The Labute approximate surface area is 237 Å². The van der Waals surface area contributed by atoms with Crippen LogP contribution in [-0.4, -0.2) is 0 Å². The van der Waals surface area contributed by atoms with Gasteiger partial charge in [-0.25, -0.2) is 0 Å². The van der Waals surface area contributed by atoms with E-state index < -0.39 is 0 Å². The van der Waals surface area contributed by atoms with Crippen LogP contribution < -0.4 is 0 Å². The smallest absolute Gasteiger partial charge is 0.0210 e. The maximum absolute atomic E-state index is 2.60. The van der Waals surface area contributed by atoms with Crippen molar-refractivity contribution in [2.24, 2.45) is 11.8 Å². The molecule has 0 heteroatoms. The molecular formula is C39H46. The molecule has 39 heavy (non-hydrogen) atoms. The van der Waals surface area contributed by atoms with Gasteiger partial charge in [-0.15, -0.1) is 0 Å². The summed E-state index contributed by atoms with van der Waals surface area (Å²) in [7, 11) is 0. The molecule has 1 unspecified atom stereocenters. The predicted molar refractivity (Wildman–Crippen MR) is 168 cm³/mol. The maximum Gasteiger partial charge on any atom is 0.0210 e. The monoisotopic (exact) mass is 514 g/mol. The molecule has 0 bridgehead atoms. The van der Waals surface area contributed by atoms with E-state index in [1.54, 1.807) is 11.1 Å². The number of hydrogen-bond donors (Lipinski definition) is 0. The molecule has 202 valence electrons. The van der Waals surface area contributed by atoms with Gasteiger partial charge in [-0.3, -0.25) is 0 Å². The van der Waals surface area contributed by atoms with Gasteiger partial charge in [-0.1, -0.05) is 152 Å². The minimum Gasteiger partial charge on any atom is -0.0767 e. The third kappa shape index (κ3) is 4.35. The summed E-state index contributed by atoms with van der Waals surface area (Å²) in [5.41, 5.74) is 10.6. The molecule has 0 saturated heterocycles. The van der Waals surface area contributed by atoms with Gasteiger partial charge in [0, 0.05) is 17.3 Å². The van der Waals surface area contributed by atoms with Crippen LogP contribution in [0.2, 0.25) is 0 Å². The summed E-state index contributed by atoms with van der Waals surface area (Å²) < 4.78 is 0. The van der Waals surface area contributed by atoms with Crippen LogP contribution in [0.3, 0.4) is 0 Å². The van der Waals surface area contributed by atoms with Crippen molar-refractivity contribution in [1.29, 1.82) is 0 Å². The fraction of sp³-hybridized carbons (Fsp3) is 0.436. The second kappa shape index (κ2) is 9.65. The lowest BCUT2D eigenvalue weighted by Gasteiger charge is -2.51. The van der Waals surface area contributed by atoms with Crippen LogP contribution in [-0.2, 0) is 16.2 Å². The Morgan fingerprint density at radius 1 is 0.564 bits per heavy atom. The van der Waals surface area contributed by atoms with Gasteiger partial charge in [0.15, 0.2) is 0 Å². The lowest BCUT2D eigenvalue weighted by Crippen LogP contribution is -2.47. The van der Waals surface area contributed by atoms with Gasteiger partial charge in [0.05, 0.1) is 0 Å². The van der Waals surface area contributed by atoms with E-state index in [9.17, 15) is 0 Å². The molecule has 3 aromatic carbocycles. The average Bonchev–Trinajstić information content (AvgIpc) is 3.57. The largest absolute Gasteiger partial charge is 0.0767 e. The molecule has 0 radical (unpaired) electrons. The van der Waals surface area contributed by atoms with Crippen LogP contribution in [0.5, 0.6) is 0 Å². The first-order valence-corrected chi connectivity index (χ1v) is 15.3. The predicted octanol–water partition coefficient (Wildman–Crippen LogP) is 10.7. The Balaban J connectivity index is 1.71. The summed E-state index contributed by atoms with van der Waals surface area (Å²) in [5.74, 6) is 1.32. The Bertz CT molecular complexity index is 1320. The van der Waals surface area contributed by atoms with Crippen molar-refractivity contribution in [3.05, 3.63) is 119 Å². The van der Waals surface area contributed by atoms with Gasteiger partial charge < -0.3 is 0 Å². The molecule has 6 rings (SSSR count). The van der Waals surface area contributed by atoms with E-state index in [-0.39, 0.29) is 16.2 Å². The van der Waals surface area contributed by atoms with E-state index in [1.165, 1.54) is 59.9 Å². The van der Waals surface area contributed by atoms with E-state index in [1.807, 2.05) is 0 Å². The quantitative estimate of drug-likeness (QED) is 0.325. The molecule has 0 N–H and O–H groups in total. The lowest BCUT2D eigenvalue weighted by atomic mass is 9.51. The molecule has 0 heterocycles. The highest BCUT2D eigenvalue weighted by atomic mass is 14.6. The van der Waals surface area contributed by atoms with E-state index in [2.05, 4.69) is 133 Å². The topological polar surface area (TPSA) is 0 Å². The maximum atomic E-state index is 2.60. The van der Waals surface area contributed by atoms with Crippen molar-refractivity contribution in [2.75, 3.05) is 0 Å². The van der Waals surface area contributed by atoms with Crippen LogP contribution in [0.1, 0.15) is 107 Å². The molecule has 0 nitrogen and oxygen atoms in total. The van der Waals surface area contributed by atoms with E-state index >= 15 is 0 Å². The highest BCUT2D eigenvalue weighted by molar-refractivity contribution is 5.81. The van der Waals surface area contributed by atoms with Crippen molar-refractivity contribution in [3.63, 3.8) is 0 Å². The molecule has 3 aliphatic rings. The van der Waals surface area contributed by atoms with Gasteiger partial charge in [0.25, 0.3) is 0 Å². The van der Waals surface area contributed by atoms with Crippen LogP contribution >= 0.6 is 0 Å². The Hall–Kier alpha value is -2.86. The number of rotatable bonds is 4. The van der Waals surface area contributed by atoms with Crippen molar-refractivity contribution in [2.45, 2.75) is 95.8 Å². The minimum atomic E-state index is -0.0296. The van der Waals surface area contributed by atoms with Gasteiger partial charge in [0.2, 0.25) is 0 Å². The highest BCUT2D eigenvalue weighted by Crippen LogP contribution is 2.63. The summed E-state index contributed by atoms with van der Waals surface area (Å²) >= 11 is 0. The number of benzene rings is 3. The van der Waals surface area contributed by atoms with Gasteiger partial charge in [-0.05, 0) is 68.5 Å². The third-order valence-corrected chi connectivity index (χ3v) is 10.1. The fourth-order valence-electron chi connectivity index (χ4n) is 8.06. The van der Waals surface area contributed by atoms with Crippen molar-refractivity contribution in [1.82, 2.24) is 0 Å². The Morgan fingerprint density at radius 3 is 1.56 bits per heavy atom. The van der Waals surface area contributed by atoms with Gasteiger partial charge in [-0.2, -0.15) is 0 Å². The molecule has 0 aliphatic heterocycles. The zero-order valence-electron chi connectivity index (χ0n) is 24.9. The van der Waals surface area contributed by atoms with Crippen LogP contribution in [0.15, 0.2) is 91.0 Å². The standard InChI is InChI=1S/C39H46/c1-37(2,3)30-21-23-32-33-24-22-31(38(4,5)6)26-35(33)36(34(32)25-30)39(29-19-13-14-20-29,27-15-9-7-10-16-27)28-17-11-8-12-18-28/h7,9-10,13-16,19-26,28-29,36H,8,11-12,17-18H2,1-6H3. The molecule has 1 atom stereocenters. The second-order valence-corrected chi connectivity index (χ2v) is 14.5. The van der Waals surface area contributed by atoms with Crippen molar-refractivity contribution < 1.29 is 0 Å². The van der Waals surface area contributed by atoms with Gasteiger partial charge >= 0.3 is 0 Å². The number of fused-ring (bicyclic) bond motifs is 3. The summed E-state index contributed by atoms with van der Waals surface area (Å²) in [5, 5.41) is 0. The normalized spacial score (nSPS) is 19.7. The zero-order valence-corrected chi connectivity index (χ0v) is 24.9. The third-order valence-electron chi connectivity index (χ3n) is 10.1. The van der Waals surface area contributed by atoms with Gasteiger partial charge in [0.1, 0.15) is 0 Å². The summed E-state index contributed by atoms with van der Waals surface area (Å²) in [6, 6.07) is 26.5. The Morgan fingerprint density at radius 2 is 1.08 bits per heavy atom. The first kappa shape index (κ1) is 26.4. The molecule has 0 aromatic heterocycles. The van der Waals surface area contributed by atoms with E-state index in [4.69, 9.17) is 0 Å². The fourth-order valence-corrected chi connectivity index (χ4v) is 8.06.